The van der Waals surface area contributed by atoms with Crippen molar-refractivity contribution in [2.75, 3.05) is 20.2 Å². The van der Waals surface area contributed by atoms with Crippen LogP contribution in [-0.2, 0) is 17.7 Å². The molecule has 1 aliphatic heterocycles. The summed E-state index contributed by atoms with van der Waals surface area (Å²) < 4.78 is 19.0. The highest BCUT2D eigenvalue weighted by Crippen LogP contribution is 2.25. The van der Waals surface area contributed by atoms with Crippen LogP contribution in [0.5, 0.6) is 0 Å². The standard InChI is InChI=1S/C17H21FN2OS/c1-21-17-10-20(9-16-11-22-12-19-16)6-5-14(17)7-13-3-2-4-15(18)8-13/h2-4,8,11-12,14,17H,5-7,9-10H2,1H3/t14-,17-/m1/s1. The molecule has 1 aromatic heterocycles. The monoisotopic (exact) mass is 320 g/mol. The van der Waals surface area contributed by atoms with Gasteiger partial charge in [-0.1, -0.05) is 12.1 Å². The van der Waals surface area contributed by atoms with Crippen molar-refractivity contribution < 1.29 is 9.13 Å². The highest BCUT2D eigenvalue weighted by atomic mass is 32.1. The van der Waals surface area contributed by atoms with E-state index in [2.05, 4.69) is 15.3 Å². The van der Waals surface area contributed by atoms with Crippen LogP contribution in [0.1, 0.15) is 17.7 Å². The molecule has 1 aliphatic rings. The Kier molecular flexibility index (Phi) is 5.18. The van der Waals surface area contributed by atoms with Gasteiger partial charge in [-0.3, -0.25) is 4.90 Å². The van der Waals surface area contributed by atoms with Gasteiger partial charge in [-0.25, -0.2) is 9.37 Å². The summed E-state index contributed by atoms with van der Waals surface area (Å²) in [5.41, 5.74) is 4.06. The van der Waals surface area contributed by atoms with Crippen molar-refractivity contribution in [2.24, 2.45) is 5.92 Å². The largest absolute Gasteiger partial charge is 0.380 e. The quantitative estimate of drug-likeness (QED) is 0.845. The minimum Gasteiger partial charge on any atom is -0.380 e. The van der Waals surface area contributed by atoms with E-state index in [1.54, 1.807) is 30.6 Å². The summed E-state index contributed by atoms with van der Waals surface area (Å²) >= 11 is 1.63. The number of halogens is 1. The second-order valence-corrected chi connectivity index (χ2v) is 6.59. The lowest BCUT2D eigenvalue weighted by Crippen LogP contribution is -2.45. The topological polar surface area (TPSA) is 25.4 Å². The van der Waals surface area contributed by atoms with E-state index in [0.717, 1.165) is 43.7 Å². The molecule has 3 rings (SSSR count). The SMILES string of the molecule is CO[C@@H]1CN(Cc2cscn2)CC[C@@H]1Cc1cccc(F)c1. The first-order valence-electron chi connectivity index (χ1n) is 7.61. The molecule has 0 unspecified atom stereocenters. The number of aromatic nitrogens is 1. The lowest BCUT2D eigenvalue weighted by Gasteiger charge is -2.37. The molecular formula is C17H21FN2OS. The van der Waals surface area contributed by atoms with Crippen LogP contribution in [0.25, 0.3) is 0 Å². The molecule has 1 saturated heterocycles. The number of hydrogen-bond acceptors (Lipinski definition) is 4. The Hall–Kier alpha value is -1.30. The number of rotatable bonds is 5. The van der Waals surface area contributed by atoms with E-state index < -0.39 is 0 Å². The molecule has 0 bridgehead atoms. The molecule has 0 radical (unpaired) electrons. The van der Waals surface area contributed by atoms with Gasteiger partial charge in [0.2, 0.25) is 0 Å². The fraction of sp³-hybridized carbons (Fsp3) is 0.471. The fourth-order valence-corrected chi connectivity index (χ4v) is 3.73. The third-order valence-electron chi connectivity index (χ3n) is 4.34. The second kappa shape index (κ2) is 7.31. The van der Waals surface area contributed by atoms with Crippen LogP contribution in [0.15, 0.2) is 35.2 Å². The van der Waals surface area contributed by atoms with E-state index in [1.165, 1.54) is 6.07 Å². The molecule has 2 aromatic rings. The van der Waals surface area contributed by atoms with Gasteiger partial charge in [0, 0.05) is 25.6 Å². The number of benzene rings is 1. The van der Waals surface area contributed by atoms with Crippen LogP contribution in [0, 0.1) is 11.7 Å². The lowest BCUT2D eigenvalue weighted by molar-refractivity contribution is -0.0139. The van der Waals surface area contributed by atoms with Gasteiger partial charge in [0.15, 0.2) is 0 Å². The van der Waals surface area contributed by atoms with E-state index in [1.807, 2.05) is 11.6 Å². The molecule has 22 heavy (non-hydrogen) atoms. The van der Waals surface area contributed by atoms with Crippen LogP contribution >= 0.6 is 11.3 Å². The van der Waals surface area contributed by atoms with Gasteiger partial charge >= 0.3 is 0 Å². The average Bonchev–Trinajstić information content (AvgIpc) is 3.02. The first-order valence-corrected chi connectivity index (χ1v) is 8.55. The lowest BCUT2D eigenvalue weighted by atomic mass is 9.87. The normalized spacial score (nSPS) is 22.8. The average molecular weight is 320 g/mol. The summed E-state index contributed by atoms with van der Waals surface area (Å²) in [5.74, 6) is 0.283. The van der Waals surface area contributed by atoms with Crippen LogP contribution in [0.4, 0.5) is 4.39 Å². The Balaban J connectivity index is 1.60. The molecule has 2 atom stereocenters. The third-order valence-corrected chi connectivity index (χ3v) is 4.97. The van der Waals surface area contributed by atoms with Crippen molar-refractivity contribution in [1.29, 1.82) is 0 Å². The number of ether oxygens (including phenoxy) is 1. The molecule has 0 N–H and O–H groups in total. The van der Waals surface area contributed by atoms with Gasteiger partial charge in [0.05, 0.1) is 17.3 Å². The van der Waals surface area contributed by atoms with E-state index >= 15 is 0 Å². The van der Waals surface area contributed by atoms with E-state index in [-0.39, 0.29) is 11.9 Å². The van der Waals surface area contributed by atoms with Gasteiger partial charge in [-0.05, 0) is 43.0 Å². The Morgan fingerprint density at radius 1 is 1.45 bits per heavy atom. The van der Waals surface area contributed by atoms with Crippen LogP contribution in [0.3, 0.4) is 0 Å². The molecule has 118 valence electrons. The van der Waals surface area contributed by atoms with Gasteiger partial charge in [-0.2, -0.15) is 0 Å². The number of piperidine rings is 1. The predicted octanol–water partition coefficient (Wildman–Crippen LogP) is 3.36. The molecule has 0 aliphatic carbocycles. The van der Waals surface area contributed by atoms with Crippen LogP contribution in [-0.4, -0.2) is 36.2 Å². The fourth-order valence-electron chi connectivity index (χ4n) is 3.18. The third kappa shape index (κ3) is 3.91. The van der Waals surface area contributed by atoms with Gasteiger partial charge in [0.25, 0.3) is 0 Å². The Morgan fingerprint density at radius 2 is 2.36 bits per heavy atom. The molecule has 0 spiro atoms. The molecule has 0 saturated carbocycles. The molecule has 3 nitrogen and oxygen atoms in total. The maximum absolute atomic E-state index is 13.3. The number of nitrogens with zero attached hydrogens (tertiary/aromatic N) is 2. The van der Waals surface area contributed by atoms with E-state index in [4.69, 9.17) is 4.74 Å². The molecular weight excluding hydrogens is 299 g/mol. The highest BCUT2D eigenvalue weighted by molar-refractivity contribution is 7.07. The number of thiazole rings is 1. The molecule has 1 aromatic carbocycles. The van der Waals surface area contributed by atoms with Crippen molar-refractivity contribution in [3.05, 3.63) is 52.2 Å². The van der Waals surface area contributed by atoms with Gasteiger partial charge in [-0.15, -0.1) is 11.3 Å². The summed E-state index contributed by atoms with van der Waals surface area (Å²) in [6, 6.07) is 6.91. The predicted molar refractivity (Wildman–Crippen MR) is 86.4 cm³/mol. The Bertz CT molecular complexity index is 590. The van der Waals surface area contributed by atoms with Gasteiger partial charge in [0.1, 0.15) is 5.82 Å². The maximum Gasteiger partial charge on any atom is 0.123 e. The van der Waals surface area contributed by atoms with E-state index in [0.29, 0.717) is 5.92 Å². The zero-order valence-electron chi connectivity index (χ0n) is 12.7. The first-order chi connectivity index (χ1) is 10.7. The smallest absolute Gasteiger partial charge is 0.123 e. The molecule has 1 fully saturated rings. The number of methoxy groups -OCH3 is 1. The van der Waals surface area contributed by atoms with Crippen LogP contribution < -0.4 is 0 Å². The Labute approximate surface area is 134 Å². The van der Waals surface area contributed by atoms with Crippen molar-refractivity contribution in [2.45, 2.75) is 25.5 Å². The summed E-state index contributed by atoms with van der Waals surface area (Å²) in [7, 11) is 1.77. The molecule has 2 heterocycles. The van der Waals surface area contributed by atoms with Crippen LogP contribution in [0.2, 0.25) is 0 Å². The second-order valence-electron chi connectivity index (χ2n) is 5.87. The molecule has 5 heteroatoms. The maximum atomic E-state index is 13.3. The van der Waals surface area contributed by atoms with Crippen molar-refractivity contribution in [3.63, 3.8) is 0 Å². The zero-order valence-corrected chi connectivity index (χ0v) is 13.6. The Morgan fingerprint density at radius 3 is 3.09 bits per heavy atom. The van der Waals surface area contributed by atoms with Crippen molar-refractivity contribution in [3.8, 4) is 0 Å². The van der Waals surface area contributed by atoms with Crippen molar-refractivity contribution in [1.82, 2.24) is 9.88 Å². The van der Waals surface area contributed by atoms with Gasteiger partial charge < -0.3 is 4.74 Å². The molecule has 0 amide bonds. The number of likely N-dealkylation sites (tertiary alicyclic amines) is 1. The highest BCUT2D eigenvalue weighted by Gasteiger charge is 2.29. The minimum atomic E-state index is -0.160. The van der Waals surface area contributed by atoms with Crippen molar-refractivity contribution >= 4 is 11.3 Å². The zero-order chi connectivity index (χ0) is 15.4. The summed E-state index contributed by atoms with van der Waals surface area (Å²) in [5, 5.41) is 2.10. The summed E-state index contributed by atoms with van der Waals surface area (Å²) in [4.78, 5) is 6.75. The summed E-state index contributed by atoms with van der Waals surface area (Å²) in [6.45, 7) is 2.83. The number of hydrogen-bond donors (Lipinski definition) is 0. The minimum absolute atomic E-state index is 0.160. The van der Waals surface area contributed by atoms with E-state index in [9.17, 15) is 4.39 Å². The summed E-state index contributed by atoms with van der Waals surface area (Å²) in [6.07, 6.45) is 2.13. The first kappa shape index (κ1) is 15.6.